The molecule has 0 spiro atoms. The molecule has 0 fully saturated rings. The van der Waals surface area contributed by atoms with Crippen molar-refractivity contribution >= 4 is 0 Å². The summed E-state index contributed by atoms with van der Waals surface area (Å²) in [5, 5.41) is 0. The van der Waals surface area contributed by atoms with Crippen LogP contribution in [-0.4, -0.2) is 0 Å². The first-order valence-electron chi connectivity index (χ1n) is 4.85. The maximum absolute atomic E-state index is 2.31. The summed E-state index contributed by atoms with van der Waals surface area (Å²) in [5.41, 5.74) is 6.28. The van der Waals surface area contributed by atoms with E-state index < -0.39 is 0 Å². The minimum Gasteiger partial charge on any atom is -0.0632 e. The summed E-state index contributed by atoms with van der Waals surface area (Å²) in [6, 6.07) is 0. The molecule has 0 saturated heterocycles. The van der Waals surface area contributed by atoms with Crippen LogP contribution in [0, 0.1) is 11.8 Å². The first-order valence-corrected chi connectivity index (χ1v) is 4.85. The fourth-order valence-corrected chi connectivity index (χ4v) is 2.28. The second-order valence-electron chi connectivity index (χ2n) is 4.28. The Balaban J connectivity index is 3.13. The van der Waals surface area contributed by atoms with Gasteiger partial charge >= 0.3 is 0 Å². The third-order valence-electron chi connectivity index (χ3n) is 3.30. The van der Waals surface area contributed by atoms with Gasteiger partial charge in [-0.25, -0.2) is 0 Å². The Hall–Kier alpha value is -0.520. The second-order valence-corrected chi connectivity index (χ2v) is 4.28. The molecule has 0 aromatic rings. The zero-order valence-electron chi connectivity index (χ0n) is 9.15. The van der Waals surface area contributed by atoms with Gasteiger partial charge in [0.05, 0.1) is 0 Å². The van der Waals surface area contributed by atoms with Gasteiger partial charge in [-0.05, 0) is 43.8 Å². The van der Waals surface area contributed by atoms with Crippen LogP contribution in [0.15, 0.2) is 22.3 Å². The van der Waals surface area contributed by atoms with Gasteiger partial charge in [-0.15, -0.1) is 0 Å². The van der Waals surface area contributed by atoms with E-state index in [0.717, 1.165) is 0 Å². The van der Waals surface area contributed by atoms with Crippen LogP contribution in [-0.2, 0) is 0 Å². The van der Waals surface area contributed by atoms with Crippen molar-refractivity contribution in [1.29, 1.82) is 0 Å². The Labute approximate surface area is 76.4 Å². The Morgan fingerprint density at radius 2 is 1.50 bits per heavy atom. The molecule has 0 nitrogen and oxygen atoms in total. The fraction of sp³-hybridized carbons (Fsp3) is 0.667. The highest BCUT2D eigenvalue weighted by Crippen LogP contribution is 2.39. The lowest BCUT2D eigenvalue weighted by molar-refractivity contribution is 0.752. The van der Waals surface area contributed by atoms with Crippen molar-refractivity contribution in [3.05, 3.63) is 22.3 Å². The van der Waals surface area contributed by atoms with Gasteiger partial charge in [0.2, 0.25) is 0 Å². The fourth-order valence-electron chi connectivity index (χ4n) is 2.28. The Morgan fingerprint density at radius 1 is 1.00 bits per heavy atom. The molecule has 0 saturated carbocycles. The maximum atomic E-state index is 2.31. The molecular formula is C12H20. The molecule has 0 aromatic heterocycles. The van der Waals surface area contributed by atoms with E-state index >= 15 is 0 Å². The van der Waals surface area contributed by atoms with Crippen LogP contribution < -0.4 is 0 Å². The smallest absolute Gasteiger partial charge is 0.00151 e. The molecule has 1 aliphatic carbocycles. The van der Waals surface area contributed by atoms with Crippen molar-refractivity contribution < 1.29 is 0 Å². The third-order valence-corrected chi connectivity index (χ3v) is 3.30. The standard InChI is InChI=1S/C12H20/c1-7(2)12-10(5)8(3)9(4)11(12)6/h7-8H,1-6H3. The van der Waals surface area contributed by atoms with E-state index in [-0.39, 0.29) is 0 Å². The molecule has 0 heteroatoms. The number of hydrogen-bond acceptors (Lipinski definition) is 0. The van der Waals surface area contributed by atoms with Crippen LogP contribution in [0.3, 0.4) is 0 Å². The van der Waals surface area contributed by atoms with E-state index in [1.165, 1.54) is 5.57 Å². The number of hydrogen-bond donors (Lipinski definition) is 0. The summed E-state index contributed by atoms with van der Waals surface area (Å²) in [6.45, 7) is 13.7. The molecule has 1 aliphatic rings. The van der Waals surface area contributed by atoms with E-state index in [0.29, 0.717) is 11.8 Å². The zero-order chi connectivity index (χ0) is 9.46. The van der Waals surface area contributed by atoms with Crippen LogP contribution in [0.25, 0.3) is 0 Å². The third kappa shape index (κ3) is 1.24. The van der Waals surface area contributed by atoms with Gasteiger partial charge in [0, 0.05) is 0 Å². The van der Waals surface area contributed by atoms with Crippen LogP contribution in [0.1, 0.15) is 41.5 Å². The van der Waals surface area contributed by atoms with Gasteiger partial charge in [-0.2, -0.15) is 0 Å². The lowest BCUT2D eigenvalue weighted by atomic mass is 9.94. The molecule has 1 rings (SSSR count). The van der Waals surface area contributed by atoms with Crippen LogP contribution >= 0.6 is 0 Å². The molecule has 0 bridgehead atoms. The first-order chi connectivity index (χ1) is 5.46. The highest BCUT2D eigenvalue weighted by Gasteiger charge is 2.23. The van der Waals surface area contributed by atoms with Crippen LogP contribution in [0.4, 0.5) is 0 Å². The molecule has 0 heterocycles. The van der Waals surface area contributed by atoms with Crippen molar-refractivity contribution in [1.82, 2.24) is 0 Å². The summed E-state index contributed by atoms with van der Waals surface area (Å²) in [5.74, 6) is 1.37. The summed E-state index contributed by atoms with van der Waals surface area (Å²) in [7, 11) is 0. The van der Waals surface area contributed by atoms with Crippen molar-refractivity contribution in [2.45, 2.75) is 41.5 Å². The molecule has 0 amide bonds. The summed E-state index contributed by atoms with van der Waals surface area (Å²) in [4.78, 5) is 0. The van der Waals surface area contributed by atoms with Gasteiger partial charge in [0.25, 0.3) is 0 Å². The molecule has 12 heavy (non-hydrogen) atoms. The van der Waals surface area contributed by atoms with E-state index in [1.54, 1.807) is 16.7 Å². The zero-order valence-corrected chi connectivity index (χ0v) is 9.15. The van der Waals surface area contributed by atoms with E-state index in [2.05, 4.69) is 41.5 Å². The van der Waals surface area contributed by atoms with Gasteiger partial charge in [-0.3, -0.25) is 0 Å². The van der Waals surface area contributed by atoms with Gasteiger partial charge in [0.15, 0.2) is 0 Å². The van der Waals surface area contributed by atoms with Crippen molar-refractivity contribution in [2.24, 2.45) is 11.8 Å². The SMILES string of the molecule is CC1=C(C)C(C)C(C)=C1C(C)C. The van der Waals surface area contributed by atoms with E-state index in [4.69, 9.17) is 0 Å². The molecule has 68 valence electrons. The minimum absolute atomic E-state index is 0.683. The quantitative estimate of drug-likeness (QED) is 0.550. The highest BCUT2D eigenvalue weighted by atomic mass is 14.3. The monoisotopic (exact) mass is 164 g/mol. The largest absolute Gasteiger partial charge is 0.0632 e. The average molecular weight is 164 g/mol. The molecule has 0 N–H and O–H groups in total. The summed E-state index contributed by atoms with van der Waals surface area (Å²) in [6.07, 6.45) is 0. The number of rotatable bonds is 1. The Morgan fingerprint density at radius 3 is 1.67 bits per heavy atom. The predicted octanol–water partition coefficient (Wildman–Crippen LogP) is 3.95. The molecule has 0 radical (unpaired) electrons. The molecule has 0 aliphatic heterocycles. The Kier molecular flexibility index (Phi) is 2.46. The average Bonchev–Trinajstić information content (AvgIpc) is 2.16. The maximum Gasteiger partial charge on any atom is -0.00151 e. The summed E-state index contributed by atoms with van der Waals surface area (Å²) >= 11 is 0. The molecule has 0 aromatic carbocycles. The lowest BCUT2D eigenvalue weighted by Crippen LogP contribution is -1.96. The molecule has 1 atom stereocenters. The second kappa shape index (κ2) is 3.08. The Bertz CT molecular complexity index is 251. The van der Waals surface area contributed by atoms with Gasteiger partial charge in [-0.1, -0.05) is 31.9 Å². The molecular weight excluding hydrogens is 144 g/mol. The van der Waals surface area contributed by atoms with Crippen LogP contribution in [0.5, 0.6) is 0 Å². The molecule has 1 unspecified atom stereocenters. The van der Waals surface area contributed by atoms with Gasteiger partial charge < -0.3 is 0 Å². The predicted molar refractivity (Wildman–Crippen MR) is 55.1 cm³/mol. The van der Waals surface area contributed by atoms with Crippen LogP contribution in [0.2, 0.25) is 0 Å². The van der Waals surface area contributed by atoms with Crippen molar-refractivity contribution in [2.75, 3.05) is 0 Å². The number of allylic oxidation sites excluding steroid dienone is 4. The lowest BCUT2D eigenvalue weighted by Gasteiger charge is -2.11. The topological polar surface area (TPSA) is 0 Å². The highest BCUT2D eigenvalue weighted by molar-refractivity contribution is 5.47. The first kappa shape index (κ1) is 9.57. The van der Waals surface area contributed by atoms with E-state index in [1.807, 2.05) is 0 Å². The van der Waals surface area contributed by atoms with Crippen molar-refractivity contribution in [3.63, 3.8) is 0 Å². The minimum atomic E-state index is 0.683. The summed E-state index contributed by atoms with van der Waals surface area (Å²) < 4.78 is 0. The van der Waals surface area contributed by atoms with Crippen molar-refractivity contribution in [3.8, 4) is 0 Å². The van der Waals surface area contributed by atoms with E-state index in [9.17, 15) is 0 Å². The van der Waals surface area contributed by atoms with Gasteiger partial charge in [0.1, 0.15) is 0 Å². The normalized spacial score (nSPS) is 24.8.